The van der Waals surface area contributed by atoms with Crippen molar-refractivity contribution in [1.29, 1.82) is 0 Å². The van der Waals surface area contributed by atoms with Crippen molar-refractivity contribution in [1.82, 2.24) is 5.32 Å². The molecule has 0 aromatic heterocycles. The first kappa shape index (κ1) is 7.56. The van der Waals surface area contributed by atoms with Crippen LogP contribution in [0, 0.1) is 11.8 Å². The first-order valence-corrected chi connectivity index (χ1v) is 4.76. The summed E-state index contributed by atoms with van der Waals surface area (Å²) < 4.78 is 0. The van der Waals surface area contributed by atoms with Gasteiger partial charge in [-0.15, -0.1) is 0 Å². The molecule has 64 valence electrons. The molecule has 2 rings (SSSR count). The average molecular weight is 155 g/mol. The topological polar surface area (TPSA) is 32.3 Å². The summed E-state index contributed by atoms with van der Waals surface area (Å²) in [7, 11) is 0. The van der Waals surface area contributed by atoms with Crippen molar-refractivity contribution >= 4 is 0 Å². The van der Waals surface area contributed by atoms with E-state index >= 15 is 0 Å². The van der Waals surface area contributed by atoms with Gasteiger partial charge in [0.25, 0.3) is 0 Å². The SMILES string of the molecule is OC1CNCC1C1CCCC1. The second-order valence-electron chi connectivity index (χ2n) is 3.93. The highest BCUT2D eigenvalue weighted by molar-refractivity contribution is 4.87. The summed E-state index contributed by atoms with van der Waals surface area (Å²) in [6.07, 6.45) is 5.41. The molecule has 0 radical (unpaired) electrons. The van der Waals surface area contributed by atoms with Crippen LogP contribution in [0.2, 0.25) is 0 Å². The van der Waals surface area contributed by atoms with E-state index in [-0.39, 0.29) is 6.10 Å². The summed E-state index contributed by atoms with van der Waals surface area (Å²) in [5.41, 5.74) is 0. The summed E-state index contributed by atoms with van der Waals surface area (Å²) in [6, 6.07) is 0. The lowest BCUT2D eigenvalue weighted by molar-refractivity contribution is 0.114. The first-order chi connectivity index (χ1) is 5.38. The third-order valence-corrected chi connectivity index (χ3v) is 3.23. The molecule has 0 bridgehead atoms. The average Bonchev–Trinajstić information content (AvgIpc) is 2.55. The zero-order valence-corrected chi connectivity index (χ0v) is 6.92. The Morgan fingerprint density at radius 2 is 1.82 bits per heavy atom. The number of hydrogen-bond acceptors (Lipinski definition) is 2. The van der Waals surface area contributed by atoms with E-state index in [1.165, 1.54) is 25.7 Å². The fraction of sp³-hybridized carbons (Fsp3) is 1.00. The standard InChI is InChI=1S/C9H17NO/c11-9-6-10-5-8(9)7-3-1-2-4-7/h7-11H,1-6H2. The Balaban J connectivity index is 1.92. The van der Waals surface area contributed by atoms with E-state index in [1.807, 2.05) is 0 Å². The van der Waals surface area contributed by atoms with Crippen LogP contribution in [0.5, 0.6) is 0 Å². The molecule has 2 heteroatoms. The van der Waals surface area contributed by atoms with E-state index in [0.29, 0.717) is 5.92 Å². The third kappa shape index (κ3) is 1.42. The normalized spacial score (nSPS) is 40.1. The van der Waals surface area contributed by atoms with Gasteiger partial charge < -0.3 is 10.4 Å². The summed E-state index contributed by atoms with van der Waals surface area (Å²) in [5.74, 6) is 1.39. The van der Waals surface area contributed by atoms with Gasteiger partial charge in [0.05, 0.1) is 6.10 Å². The second-order valence-corrected chi connectivity index (χ2v) is 3.93. The largest absolute Gasteiger partial charge is 0.391 e. The lowest BCUT2D eigenvalue weighted by Gasteiger charge is -2.19. The lowest BCUT2D eigenvalue weighted by atomic mass is 9.88. The van der Waals surface area contributed by atoms with E-state index < -0.39 is 0 Å². The minimum Gasteiger partial charge on any atom is -0.391 e. The van der Waals surface area contributed by atoms with Crippen molar-refractivity contribution in [3.63, 3.8) is 0 Å². The lowest BCUT2D eigenvalue weighted by Crippen LogP contribution is -2.24. The van der Waals surface area contributed by atoms with Gasteiger partial charge in [0, 0.05) is 19.0 Å². The van der Waals surface area contributed by atoms with Crippen molar-refractivity contribution in [3.05, 3.63) is 0 Å². The van der Waals surface area contributed by atoms with Crippen molar-refractivity contribution in [2.24, 2.45) is 11.8 Å². The molecule has 0 amide bonds. The maximum Gasteiger partial charge on any atom is 0.0707 e. The van der Waals surface area contributed by atoms with Crippen LogP contribution in [0.4, 0.5) is 0 Å². The van der Waals surface area contributed by atoms with Crippen molar-refractivity contribution in [2.75, 3.05) is 13.1 Å². The van der Waals surface area contributed by atoms with E-state index in [0.717, 1.165) is 19.0 Å². The van der Waals surface area contributed by atoms with Gasteiger partial charge in [0.2, 0.25) is 0 Å². The predicted octanol–water partition coefficient (Wildman–Crippen LogP) is 0.757. The second kappa shape index (κ2) is 3.11. The van der Waals surface area contributed by atoms with Crippen LogP contribution in [0.25, 0.3) is 0 Å². The molecule has 2 N–H and O–H groups in total. The summed E-state index contributed by atoms with van der Waals surface area (Å²) in [6.45, 7) is 1.87. The van der Waals surface area contributed by atoms with Crippen LogP contribution in [-0.2, 0) is 0 Å². The molecule has 0 aromatic rings. The fourth-order valence-electron chi connectivity index (χ4n) is 2.55. The molecule has 1 aliphatic carbocycles. The highest BCUT2D eigenvalue weighted by Crippen LogP contribution is 2.34. The molecule has 1 aliphatic heterocycles. The van der Waals surface area contributed by atoms with Crippen LogP contribution >= 0.6 is 0 Å². The molecule has 2 unspecified atom stereocenters. The quantitative estimate of drug-likeness (QED) is 0.586. The smallest absolute Gasteiger partial charge is 0.0707 e. The molecular formula is C9H17NO. The Morgan fingerprint density at radius 3 is 2.36 bits per heavy atom. The van der Waals surface area contributed by atoms with Crippen molar-refractivity contribution in [3.8, 4) is 0 Å². The van der Waals surface area contributed by atoms with E-state index in [1.54, 1.807) is 0 Å². The summed E-state index contributed by atoms with van der Waals surface area (Å²) in [4.78, 5) is 0. The van der Waals surface area contributed by atoms with Crippen LogP contribution in [-0.4, -0.2) is 24.3 Å². The molecule has 1 saturated carbocycles. The molecule has 2 nitrogen and oxygen atoms in total. The van der Waals surface area contributed by atoms with E-state index in [9.17, 15) is 5.11 Å². The Hall–Kier alpha value is -0.0800. The Labute approximate surface area is 68.0 Å². The zero-order valence-electron chi connectivity index (χ0n) is 6.92. The zero-order chi connectivity index (χ0) is 7.68. The van der Waals surface area contributed by atoms with Gasteiger partial charge in [-0.1, -0.05) is 25.7 Å². The molecule has 1 saturated heterocycles. The third-order valence-electron chi connectivity index (χ3n) is 3.23. The Morgan fingerprint density at radius 1 is 1.09 bits per heavy atom. The molecule has 1 heterocycles. The van der Waals surface area contributed by atoms with Gasteiger partial charge in [-0.25, -0.2) is 0 Å². The highest BCUT2D eigenvalue weighted by atomic mass is 16.3. The monoisotopic (exact) mass is 155 g/mol. The molecule has 2 fully saturated rings. The van der Waals surface area contributed by atoms with Gasteiger partial charge in [-0.2, -0.15) is 0 Å². The predicted molar refractivity (Wildman–Crippen MR) is 44.3 cm³/mol. The number of hydrogen-bond donors (Lipinski definition) is 2. The van der Waals surface area contributed by atoms with Crippen molar-refractivity contribution < 1.29 is 5.11 Å². The Kier molecular flexibility index (Phi) is 2.14. The number of β-amino-alcohol motifs (C(OH)–C–C–N with tert-alkyl or cyclic N) is 1. The molecule has 11 heavy (non-hydrogen) atoms. The molecule has 0 aromatic carbocycles. The molecular weight excluding hydrogens is 138 g/mol. The maximum absolute atomic E-state index is 9.59. The maximum atomic E-state index is 9.59. The van der Waals surface area contributed by atoms with Crippen LogP contribution < -0.4 is 5.32 Å². The number of nitrogens with one attached hydrogen (secondary N) is 1. The van der Waals surface area contributed by atoms with Gasteiger partial charge in [0.15, 0.2) is 0 Å². The summed E-state index contributed by atoms with van der Waals surface area (Å²) in [5, 5.41) is 12.8. The Bertz CT molecular complexity index is 132. The van der Waals surface area contributed by atoms with Crippen LogP contribution in [0.1, 0.15) is 25.7 Å². The molecule has 0 spiro atoms. The van der Waals surface area contributed by atoms with Gasteiger partial charge in [0.1, 0.15) is 0 Å². The van der Waals surface area contributed by atoms with Crippen LogP contribution in [0.3, 0.4) is 0 Å². The molecule has 2 atom stereocenters. The van der Waals surface area contributed by atoms with Crippen LogP contribution in [0.15, 0.2) is 0 Å². The number of rotatable bonds is 1. The number of aliphatic hydroxyl groups is 1. The van der Waals surface area contributed by atoms with Gasteiger partial charge in [-0.05, 0) is 5.92 Å². The van der Waals surface area contributed by atoms with Crippen molar-refractivity contribution in [2.45, 2.75) is 31.8 Å². The highest BCUT2D eigenvalue weighted by Gasteiger charge is 2.33. The van der Waals surface area contributed by atoms with E-state index in [4.69, 9.17) is 0 Å². The van der Waals surface area contributed by atoms with Gasteiger partial charge in [-0.3, -0.25) is 0 Å². The van der Waals surface area contributed by atoms with Gasteiger partial charge >= 0.3 is 0 Å². The molecule has 2 aliphatic rings. The summed E-state index contributed by atoms with van der Waals surface area (Å²) >= 11 is 0. The first-order valence-electron chi connectivity index (χ1n) is 4.76. The number of aliphatic hydroxyl groups excluding tert-OH is 1. The van der Waals surface area contributed by atoms with E-state index in [2.05, 4.69) is 5.32 Å². The minimum atomic E-state index is -0.0573. The minimum absolute atomic E-state index is 0.0573. The fourth-order valence-corrected chi connectivity index (χ4v) is 2.55.